The summed E-state index contributed by atoms with van der Waals surface area (Å²) in [6.45, 7) is 8.78. The molecule has 3 nitrogen and oxygen atoms in total. The van der Waals surface area contributed by atoms with Gasteiger partial charge in [-0.05, 0) is 22.4 Å². The molecule has 18 heavy (non-hydrogen) atoms. The number of aryl methyl sites for hydroxylation is 2. The Bertz CT molecular complexity index is 396. The summed E-state index contributed by atoms with van der Waals surface area (Å²) >= 11 is 5.55. The molecular formula is C13H24BrN3S. The molecule has 1 rings (SSSR count). The highest BCUT2D eigenvalue weighted by Gasteiger charge is 2.18. The van der Waals surface area contributed by atoms with Crippen LogP contribution in [0.25, 0.3) is 0 Å². The molecule has 1 aromatic heterocycles. The third-order valence-electron chi connectivity index (χ3n) is 2.69. The van der Waals surface area contributed by atoms with E-state index in [1.807, 2.05) is 23.5 Å². The van der Waals surface area contributed by atoms with E-state index < -0.39 is 0 Å². The first kappa shape index (κ1) is 16.1. The van der Waals surface area contributed by atoms with Gasteiger partial charge in [0.15, 0.2) is 0 Å². The fourth-order valence-corrected chi connectivity index (χ4v) is 3.32. The van der Waals surface area contributed by atoms with Gasteiger partial charge in [0.1, 0.15) is 0 Å². The van der Waals surface area contributed by atoms with Crippen molar-refractivity contribution in [3.05, 3.63) is 15.9 Å². The number of nitrogens with two attached hydrogens (primary N) is 1. The predicted molar refractivity (Wildman–Crippen MR) is 84.2 cm³/mol. The third kappa shape index (κ3) is 4.59. The Morgan fingerprint density at radius 2 is 2.06 bits per heavy atom. The maximum absolute atomic E-state index is 6.22. The highest BCUT2D eigenvalue weighted by Crippen LogP contribution is 2.26. The molecule has 1 unspecified atom stereocenters. The second-order valence-electron chi connectivity index (χ2n) is 5.57. The van der Waals surface area contributed by atoms with E-state index in [1.165, 1.54) is 5.69 Å². The van der Waals surface area contributed by atoms with Crippen LogP contribution in [0.3, 0.4) is 0 Å². The zero-order valence-corrected chi connectivity index (χ0v) is 14.4. The number of thioether (sulfide) groups is 1. The molecule has 104 valence electrons. The Balaban J connectivity index is 2.64. The Morgan fingerprint density at radius 1 is 1.44 bits per heavy atom. The van der Waals surface area contributed by atoms with Crippen molar-refractivity contribution in [2.75, 3.05) is 5.75 Å². The van der Waals surface area contributed by atoms with Crippen molar-refractivity contribution in [1.29, 1.82) is 0 Å². The van der Waals surface area contributed by atoms with E-state index in [0.717, 1.165) is 28.8 Å². The highest BCUT2D eigenvalue weighted by molar-refractivity contribution is 9.10. The number of halogens is 1. The maximum atomic E-state index is 6.22. The summed E-state index contributed by atoms with van der Waals surface area (Å²) in [5.74, 6) is 0.975. The van der Waals surface area contributed by atoms with Crippen molar-refractivity contribution in [2.45, 2.75) is 51.3 Å². The van der Waals surface area contributed by atoms with Gasteiger partial charge in [0.05, 0.1) is 15.9 Å². The van der Waals surface area contributed by atoms with Crippen LogP contribution < -0.4 is 5.73 Å². The van der Waals surface area contributed by atoms with Crippen molar-refractivity contribution < 1.29 is 0 Å². The molecule has 1 aromatic rings. The van der Waals surface area contributed by atoms with E-state index >= 15 is 0 Å². The minimum atomic E-state index is 0.172. The van der Waals surface area contributed by atoms with Crippen LogP contribution in [0.4, 0.5) is 0 Å². The standard InChI is InChI=1S/C13H24BrN3S/c1-6-10-12(14)11(17(5)16-10)7-9(15)8-18-13(2,3)4/h9H,6-8,15H2,1-5H3. The van der Waals surface area contributed by atoms with Crippen LogP contribution >= 0.6 is 27.7 Å². The average Bonchev–Trinajstić information content (AvgIpc) is 2.53. The molecule has 0 aromatic carbocycles. The van der Waals surface area contributed by atoms with E-state index in [9.17, 15) is 0 Å². The van der Waals surface area contributed by atoms with E-state index in [2.05, 4.69) is 48.7 Å². The van der Waals surface area contributed by atoms with Crippen molar-refractivity contribution in [2.24, 2.45) is 12.8 Å². The van der Waals surface area contributed by atoms with Gasteiger partial charge in [0, 0.05) is 30.0 Å². The molecule has 0 amide bonds. The highest BCUT2D eigenvalue weighted by atomic mass is 79.9. The molecule has 0 aliphatic heterocycles. The van der Waals surface area contributed by atoms with Crippen LogP contribution in [0.1, 0.15) is 39.1 Å². The summed E-state index contributed by atoms with van der Waals surface area (Å²) in [5, 5.41) is 4.50. The zero-order valence-electron chi connectivity index (χ0n) is 12.0. The summed E-state index contributed by atoms with van der Waals surface area (Å²) in [6, 6.07) is 0.172. The molecule has 0 fully saturated rings. The van der Waals surface area contributed by atoms with Gasteiger partial charge >= 0.3 is 0 Å². The topological polar surface area (TPSA) is 43.8 Å². The molecule has 1 heterocycles. The SMILES string of the molecule is CCc1nn(C)c(CC(N)CSC(C)(C)C)c1Br. The van der Waals surface area contributed by atoms with Gasteiger partial charge in [0.25, 0.3) is 0 Å². The van der Waals surface area contributed by atoms with Gasteiger partial charge in [-0.2, -0.15) is 16.9 Å². The number of aromatic nitrogens is 2. The molecule has 0 saturated heterocycles. The van der Waals surface area contributed by atoms with Gasteiger partial charge in [-0.15, -0.1) is 0 Å². The van der Waals surface area contributed by atoms with Gasteiger partial charge in [0.2, 0.25) is 0 Å². The minimum Gasteiger partial charge on any atom is -0.327 e. The third-order valence-corrected chi connectivity index (χ3v) is 5.07. The van der Waals surface area contributed by atoms with Crippen molar-refractivity contribution >= 4 is 27.7 Å². The minimum absolute atomic E-state index is 0.172. The lowest BCUT2D eigenvalue weighted by Gasteiger charge is -2.20. The van der Waals surface area contributed by atoms with Gasteiger partial charge in [-0.1, -0.05) is 27.7 Å². The molecule has 0 spiro atoms. The maximum Gasteiger partial charge on any atom is 0.0766 e. The largest absolute Gasteiger partial charge is 0.327 e. The number of hydrogen-bond donors (Lipinski definition) is 1. The number of rotatable bonds is 5. The van der Waals surface area contributed by atoms with Crippen molar-refractivity contribution in [3.63, 3.8) is 0 Å². The summed E-state index contributed by atoms with van der Waals surface area (Å²) < 4.78 is 3.35. The summed E-state index contributed by atoms with van der Waals surface area (Å²) in [5.41, 5.74) is 8.54. The molecular weight excluding hydrogens is 310 g/mol. The Morgan fingerprint density at radius 3 is 2.50 bits per heavy atom. The van der Waals surface area contributed by atoms with Gasteiger partial charge in [-0.25, -0.2) is 0 Å². The summed E-state index contributed by atoms with van der Waals surface area (Å²) in [7, 11) is 1.99. The van der Waals surface area contributed by atoms with Crippen LogP contribution in [-0.2, 0) is 19.9 Å². The molecule has 2 N–H and O–H groups in total. The first-order chi connectivity index (χ1) is 8.24. The molecule has 0 aliphatic rings. The van der Waals surface area contributed by atoms with E-state index in [1.54, 1.807) is 0 Å². The molecule has 5 heteroatoms. The Kier molecular flexibility index (Phi) is 5.74. The smallest absolute Gasteiger partial charge is 0.0766 e. The first-order valence-corrected chi connectivity index (χ1v) is 8.12. The van der Waals surface area contributed by atoms with Crippen LogP contribution in [0.2, 0.25) is 0 Å². The molecule has 0 saturated carbocycles. The average molecular weight is 334 g/mol. The van der Waals surface area contributed by atoms with Crippen molar-refractivity contribution in [1.82, 2.24) is 9.78 Å². The molecule has 1 atom stereocenters. The zero-order chi connectivity index (χ0) is 13.9. The molecule has 0 aliphatic carbocycles. The Labute approximate surface area is 123 Å². The normalized spacial score (nSPS) is 13.9. The van der Waals surface area contributed by atoms with Gasteiger partial charge in [-0.3, -0.25) is 4.68 Å². The second-order valence-corrected chi connectivity index (χ2v) is 8.21. The lowest BCUT2D eigenvalue weighted by atomic mass is 10.2. The van der Waals surface area contributed by atoms with E-state index in [4.69, 9.17) is 5.73 Å². The first-order valence-electron chi connectivity index (χ1n) is 6.34. The predicted octanol–water partition coefficient (Wildman–Crippen LogP) is 3.15. The lowest BCUT2D eigenvalue weighted by Crippen LogP contribution is -2.29. The number of nitrogens with zero attached hydrogens (tertiary/aromatic N) is 2. The van der Waals surface area contributed by atoms with Crippen LogP contribution in [0, 0.1) is 0 Å². The monoisotopic (exact) mass is 333 g/mol. The quantitative estimate of drug-likeness (QED) is 0.900. The fourth-order valence-electron chi connectivity index (χ4n) is 1.71. The van der Waals surface area contributed by atoms with Crippen LogP contribution in [-0.4, -0.2) is 26.3 Å². The Hall–Kier alpha value is -0.000000000000000111. The lowest BCUT2D eigenvalue weighted by molar-refractivity contribution is 0.647. The summed E-state index contributed by atoms with van der Waals surface area (Å²) in [4.78, 5) is 0. The van der Waals surface area contributed by atoms with E-state index in [-0.39, 0.29) is 10.8 Å². The second kappa shape index (κ2) is 6.44. The fraction of sp³-hybridized carbons (Fsp3) is 0.769. The molecule has 0 radical (unpaired) electrons. The number of hydrogen-bond acceptors (Lipinski definition) is 3. The summed E-state index contributed by atoms with van der Waals surface area (Å²) in [6.07, 6.45) is 1.81. The van der Waals surface area contributed by atoms with Crippen LogP contribution in [0.5, 0.6) is 0 Å². The van der Waals surface area contributed by atoms with E-state index in [0.29, 0.717) is 0 Å². The van der Waals surface area contributed by atoms with Crippen LogP contribution in [0.15, 0.2) is 4.47 Å². The van der Waals surface area contributed by atoms with Crippen molar-refractivity contribution in [3.8, 4) is 0 Å². The molecule has 0 bridgehead atoms. The van der Waals surface area contributed by atoms with Gasteiger partial charge < -0.3 is 5.73 Å².